The molecule has 35 heavy (non-hydrogen) atoms. The van der Waals surface area contributed by atoms with E-state index in [4.69, 9.17) is 26.1 Å². The van der Waals surface area contributed by atoms with Crippen LogP contribution in [0.15, 0.2) is 36.4 Å². The number of carbonyl (C=O) groups excluding carboxylic acids is 1. The van der Waals surface area contributed by atoms with Crippen molar-refractivity contribution in [2.24, 2.45) is 5.41 Å². The zero-order valence-electron chi connectivity index (χ0n) is 20.0. The van der Waals surface area contributed by atoms with Crippen molar-refractivity contribution in [3.8, 4) is 17.1 Å². The third-order valence-corrected chi connectivity index (χ3v) is 6.76. The Kier molecular flexibility index (Phi) is 6.70. The van der Waals surface area contributed by atoms with E-state index < -0.39 is 5.82 Å². The second kappa shape index (κ2) is 9.76. The lowest BCUT2D eigenvalue weighted by Crippen LogP contribution is -2.65. The maximum absolute atomic E-state index is 13.8. The van der Waals surface area contributed by atoms with Gasteiger partial charge in [0.05, 0.1) is 35.9 Å². The fourth-order valence-electron chi connectivity index (χ4n) is 4.84. The number of fused-ring (bicyclic) bond motifs is 1. The fraction of sp³-hybridized carbons (Fsp3) is 0.462. The van der Waals surface area contributed by atoms with Gasteiger partial charge in [0, 0.05) is 42.7 Å². The number of halogens is 2. The van der Waals surface area contributed by atoms with Crippen molar-refractivity contribution in [1.29, 1.82) is 0 Å². The van der Waals surface area contributed by atoms with E-state index in [2.05, 4.69) is 10.2 Å². The Morgan fingerprint density at radius 3 is 2.74 bits per heavy atom. The summed E-state index contributed by atoms with van der Waals surface area (Å²) in [6, 6.07) is 10.2. The van der Waals surface area contributed by atoms with Crippen LogP contribution < -0.4 is 10.1 Å². The first kappa shape index (κ1) is 24.0. The molecular formula is C26H30ClFN4O3. The maximum atomic E-state index is 13.8. The van der Waals surface area contributed by atoms with Gasteiger partial charge in [-0.25, -0.2) is 9.37 Å². The van der Waals surface area contributed by atoms with Crippen LogP contribution in [-0.2, 0) is 16.1 Å². The van der Waals surface area contributed by atoms with Gasteiger partial charge in [-0.3, -0.25) is 4.79 Å². The lowest BCUT2D eigenvalue weighted by Gasteiger charge is -2.55. The van der Waals surface area contributed by atoms with Gasteiger partial charge in [0.1, 0.15) is 23.9 Å². The summed E-state index contributed by atoms with van der Waals surface area (Å²) >= 11 is 6.03. The summed E-state index contributed by atoms with van der Waals surface area (Å²) in [7, 11) is 0. The van der Waals surface area contributed by atoms with Crippen molar-refractivity contribution in [3.63, 3.8) is 0 Å². The molecule has 1 N–H and O–H groups in total. The highest BCUT2D eigenvalue weighted by atomic mass is 35.5. The summed E-state index contributed by atoms with van der Waals surface area (Å²) in [5.41, 5.74) is 2.56. The predicted molar refractivity (Wildman–Crippen MR) is 133 cm³/mol. The molecule has 0 bridgehead atoms. The van der Waals surface area contributed by atoms with Gasteiger partial charge in [-0.2, -0.15) is 0 Å². The van der Waals surface area contributed by atoms with E-state index >= 15 is 0 Å². The summed E-state index contributed by atoms with van der Waals surface area (Å²) in [6.07, 6.45) is 0.943. The van der Waals surface area contributed by atoms with Gasteiger partial charge >= 0.3 is 0 Å². The summed E-state index contributed by atoms with van der Waals surface area (Å²) < 4.78 is 26.9. The van der Waals surface area contributed by atoms with Crippen LogP contribution in [0.5, 0.6) is 5.75 Å². The van der Waals surface area contributed by atoms with Gasteiger partial charge in [0.2, 0.25) is 5.91 Å². The number of nitrogens with one attached hydrogen (secondary N) is 1. The Bertz CT molecular complexity index is 1230. The van der Waals surface area contributed by atoms with Crippen LogP contribution >= 0.6 is 11.6 Å². The van der Waals surface area contributed by atoms with Gasteiger partial charge in [-0.05, 0) is 50.6 Å². The molecule has 0 saturated carbocycles. The van der Waals surface area contributed by atoms with Gasteiger partial charge in [-0.1, -0.05) is 11.6 Å². The topological polar surface area (TPSA) is 68.6 Å². The smallest absolute Gasteiger partial charge is 0.240 e. The van der Waals surface area contributed by atoms with E-state index in [1.54, 1.807) is 6.07 Å². The van der Waals surface area contributed by atoms with E-state index in [1.165, 1.54) is 12.1 Å². The van der Waals surface area contributed by atoms with Crippen LogP contribution in [0.4, 0.5) is 4.39 Å². The highest BCUT2D eigenvalue weighted by Gasteiger charge is 2.48. The molecule has 2 aromatic carbocycles. The summed E-state index contributed by atoms with van der Waals surface area (Å²) in [6.45, 7) is 9.58. The largest absolute Gasteiger partial charge is 0.493 e. The number of carbonyl (C=O) groups is 1. The molecule has 0 aliphatic carbocycles. The lowest BCUT2D eigenvalue weighted by atomic mass is 9.78. The van der Waals surface area contributed by atoms with E-state index in [9.17, 15) is 9.18 Å². The van der Waals surface area contributed by atoms with Gasteiger partial charge in [-0.15, -0.1) is 0 Å². The second-order valence-corrected chi connectivity index (χ2v) is 10.3. The lowest BCUT2D eigenvalue weighted by molar-refractivity contribution is -0.189. The SMILES string of the molecule is CC(C)NC(=O)Cn1c(-c2ccc(F)c(Cl)c2)nc2cc(OCCCN3CC4(COC4)C3)ccc21. The molecule has 1 amide bonds. The fourth-order valence-corrected chi connectivity index (χ4v) is 5.02. The van der Waals surface area contributed by atoms with Crippen molar-refractivity contribution in [3.05, 3.63) is 47.2 Å². The van der Waals surface area contributed by atoms with Crippen molar-refractivity contribution in [2.45, 2.75) is 32.9 Å². The zero-order chi connectivity index (χ0) is 24.6. The number of benzene rings is 2. The summed E-state index contributed by atoms with van der Waals surface area (Å²) in [5, 5.41) is 2.92. The quantitative estimate of drug-likeness (QED) is 0.448. The molecule has 2 aliphatic rings. The van der Waals surface area contributed by atoms with Crippen LogP contribution in [0, 0.1) is 11.2 Å². The molecule has 186 valence electrons. The molecule has 0 radical (unpaired) electrons. The molecule has 2 fully saturated rings. The number of nitrogens with zero attached hydrogens (tertiary/aromatic N) is 3. The monoisotopic (exact) mass is 500 g/mol. The molecule has 0 unspecified atom stereocenters. The third-order valence-electron chi connectivity index (χ3n) is 6.47. The zero-order valence-corrected chi connectivity index (χ0v) is 20.8. The van der Waals surface area contributed by atoms with Crippen molar-refractivity contribution in [1.82, 2.24) is 19.8 Å². The molecule has 1 aromatic heterocycles. The average molecular weight is 501 g/mol. The number of likely N-dealkylation sites (tertiary alicyclic amines) is 1. The number of rotatable bonds is 9. The Morgan fingerprint density at radius 1 is 1.26 bits per heavy atom. The summed E-state index contributed by atoms with van der Waals surface area (Å²) in [4.78, 5) is 19.8. The Balaban J connectivity index is 1.31. The van der Waals surface area contributed by atoms with Crippen LogP contribution in [-0.4, -0.2) is 65.9 Å². The van der Waals surface area contributed by atoms with Crippen LogP contribution in [0.25, 0.3) is 22.4 Å². The molecule has 2 saturated heterocycles. The molecule has 1 spiro atoms. The highest BCUT2D eigenvalue weighted by Crippen LogP contribution is 2.37. The van der Waals surface area contributed by atoms with Gasteiger partial charge in [0.15, 0.2) is 0 Å². The van der Waals surface area contributed by atoms with E-state index in [0.717, 1.165) is 50.5 Å². The Morgan fingerprint density at radius 2 is 2.06 bits per heavy atom. The number of amides is 1. The predicted octanol–water partition coefficient (Wildman–Crippen LogP) is 4.12. The van der Waals surface area contributed by atoms with E-state index in [0.29, 0.717) is 28.9 Å². The number of ether oxygens (including phenoxy) is 2. The minimum atomic E-state index is -0.499. The van der Waals surface area contributed by atoms with E-state index in [1.807, 2.05) is 36.6 Å². The van der Waals surface area contributed by atoms with Crippen LogP contribution in [0.1, 0.15) is 20.3 Å². The van der Waals surface area contributed by atoms with Crippen LogP contribution in [0.3, 0.4) is 0 Å². The maximum Gasteiger partial charge on any atom is 0.240 e. The van der Waals surface area contributed by atoms with Gasteiger partial charge in [0.25, 0.3) is 0 Å². The first-order chi connectivity index (χ1) is 16.8. The molecular weight excluding hydrogens is 471 g/mol. The summed E-state index contributed by atoms with van der Waals surface area (Å²) in [5.74, 6) is 0.644. The number of hydrogen-bond acceptors (Lipinski definition) is 5. The second-order valence-electron chi connectivity index (χ2n) is 9.93. The normalized spacial score (nSPS) is 16.9. The molecule has 5 rings (SSSR count). The molecule has 3 aromatic rings. The van der Waals surface area contributed by atoms with Crippen LogP contribution in [0.2, 0.25) is 5.02 Å². The minimum Gasteiger partial charge on any atom is -0.493 e. The van der Waals surface area contributed by atoms with Crippen molar-refractivity contribution in [2.75, 3.05) is 39.5 Å². The average Bonchev–Trinajstić information content (AvgIpc) is 3.10. The molecule has 0 atom stereocenters. The number of hydrogen-bond donors (Lipinski definition) is 1. The van der Waals surface area contributed by atoms with E-state index in [-0.39, 0.29) is 23.5 Å². The highest BCUT2D eigenvalue weighted by molar-refractivity contribution is 6.31. The first-order valence-corrected chi connectivity index (χ1v) is 12.4. The first-order valence-electron chi connectivity index (χ1n) is 12.0. The molecule has 2 aliphatic heterocycles. The van der Waals surface area contributed by atoms with Crippen molar-refractivity contribution < 1.29 is 18.7 Å². The molecule has 3 heterocycles. The minimum absolute atomic E-state index is 0.00900. The number of aromatic nitrogens is 2. The standard InChI is InChI=1S/C26H30ClFN4O3/c1-17(2)29-24(33)12-32-23-7-5-19(35-9-3-8-31-13-26(14-31)15-34-16-26)11-22(23)30-25(32)18-4-6-21(28)20(27)10-18/h4-7,10-11,17H,3,8-9,12-16H2,1-2H3,(H,29,33). The van der Waals surface area contributed by atoms with Gasteiger partial charge < -0.3 is 24.3 Å². The van der Waals surface area contributed by atoms with Crippen molar-refractivity contribution >= 4 is 28.5 Å². The Hall–Kier alpha value is -2.68. The molecule has 7 nitrogen and oxygen atoms in total. The molecule has 9 heteroatoms. The Labute approximate surface area is 209 Å². The number of imidazole rings is 1. The third kappa shape index (κ3) is 5.15.